The van der Waals surface area contributed by atoms with Crippen LogP contribution < -0.4 is 14.8 Å². The Hall–Kier alpha value is -1.86. The number of methoxy groups -OCH3 is 1. The van der Waals surface area contributed by atoms with Crippen LogP contribution in [0.3, 0.4) is 0 Å². The molecule has 2 N–H and O–H groups in total. The Morgan fingerprint density at radius 1 is 1.40 bits per heavy atom. The van der Waals surface area contributed by atoms with Crippen molar-refractivity contribution in [2.45, 2.75) is 11.8 Å². The second kappa shape index (κ2) is 7.06. The lowest BCUT2D eigenvalue weighted by Crippen LogP contribution is -2.20. The first-order chi connectivity index (χ1) is 9.44. The molecule has 7 heteroatoms. The van der Waals surface area contributed by atoms with Gasteiger partial charge in [-0.05, 0) is 37.7 Å². The highest BCUT2D eigenvalue weighted by Crippen LogP contribution is 2.25. The summed E-state index contributed by atoms with van der Waals surface area (Å²) in [4.78, 5) is 11.4. The molecular formula is C13H18N2O4S. The third-order valence-corrected chi connectivity index (χ3v) is 3.96. The van der Waals surface area contributed by atoms with Gasteiger partial charge in [0.25, 0.3) is 0 Å². The maximum absolute atomic E-state index is 11.9. The summed E-state index contributed by atoms with van der Waals surface area (Å²) in [5.74, 6) is 0.0100. The van der Waals surface area contributed by atoms with Gasteiger partial charge >= 0.3 is 0 Å². The Balaban J connectivity index is 3.14. The molecule has 0 radical (unpaired) electrons. The monoisotopic (exact) mass is 298 g/mol. The molecule has 1 aromatic rings. The van der Waals surface area contributed by atoms with Crippen molar-refractivity contribution in [2.75, 3.05) is 20.7 Å². The van der Waals surface area contributed by atoms with E-state index < -0.39 is 10.0 Å². The number of nitrogens with one attached hydrogen (secondary N) is 2. The number of rotatable bonds is 6. The van der Waals surface area contributed by atoms with Crippen molar-refractivity contribution in [2.24, 2.45) is 0 Å². The van der Waals surface area contributed by atoms with Crippen LogP contribution in [0.4, 0.5) is 0 Å². The Morgan fingerprint density at radius 2 is 2.10 bits per heavy atom. The van der Waals surface area contributed by atoms with Gasteiger partial charge in [0.2, 0.25) is 15.9 Å². The first-order valence-electron chi connectivity index (χ1n) is 6.02. The molecule has 0 saturated heterocycles. The molecule has 0 spiro atoms. The molecule has 20 heavy (non-hydrogen) atoms. The standard InChI is InChI=1S/C13H18N2O4S/c1-4-15-13(16)8-6-10-5-7-11(19-3)12(9-10)20(17,18)14-2/h5-9,14H,4H2,1-3H3,(H,15,16)/b8-6+. The fourth-order valence-electron chi connectivity index (χ4n) is 1.52. The fourth-order valence-corrected chi connectivity index (χ4v) is 2.45. The number of ether oxygens (including phenoxy) is 1. The molecule has 110 valence electrons. The average Bonchev–Trinajstić information content (AvgIpc) is 2.45. The minimum Gasteiger partial charge on any atom is -0.495 e. The van der Waals surface area contributed by atoms with Crippen molar-refractivity contribution in [3.8, 4) is 5.75 Å². The molecular weight excluding hydrogens is 280 g/mol. The summed E-state index contributed by atoms with van der Waals surface area (Å²) in [5, 5.41) is 2.61. The highest BCUT2D eigenvalue weighted by atomic mass is 32.2. The third kappa shape index (κ3) is 4.07. The molecule has 0 aliphatic heterocycles. The van der Waals surface area contributed by atoms with Gasteiger partial charge in [-0.2, -0.15) is 0 Å². The van der Waals surface area contributed by atoms with Crippen LogP contribution in [0.2, 0.25) is 0 Å². The van der Waals surface area contributed by atoms with E-state index in [9.17, 15) is 13.2 Å². The predicted molar refractivity (Wildman–Crippen MR) is 77.0 cm³/mol. The normalized spacial score (nSPS) is 11.6. The van der Waals surface area contributed by atoms with Gasteiger partial charge in [-0.15, -0.1) is 0 Å². The van der Waals surface area contributed by atoms with Gasteiger partial charge in [0.05, 0.1) is 7.11 Å². The Bertz CT molecular complexity index is 609. The van der Waals surface area contributed by atoms with Crippen LogP contribution in [0.5, 0.6) is 5.75 Å². The molecule has 0 aromatic heterocycles. The maximum atomic E-state index is 11.9. The molecule has 0 aliphatic carbocycles. The van der Waals surface area contributed by atoms with E-state index in [-0.39, 0.29) is 16.6 Å². The van der Waals surface area contributed by atoms with E-state index in [1.807, 2.05) is 6.92 Å². The summed E-state index contributed by atoms with van der Waals surface area (Å²) in [6, 6.07) is 4.66. The lowest BCUT2D eigenvalue weighted by Gasteiger charge is -2.09. The second-order valence-electron chi connectivity index (χ2n) is 3.85. The van der Waals surface area contributed by atoms with Crippen molar-refractivity contribution in [1.82, 2.24) is 10.0 Å². The number of amides is 1. The van der Waals surface area contributed by atoms with Gasteiger partial charge in [0, 0.05) is 12.6 Å². The second-order valence-corrected chi connectivity index (χ2v) is 5.70. The molecule has 0 unspecified atom stereocenters. The molecule has 0 saturated carbocycles. The van der Waals surface area contributed by atoms with Crippen molar-refractivity contribution < 1.29 is 17.9 Å². The molecule has 0 fully saturated rings. The Morgan fingerprint density at radius 3 is 2.65 bits per heavy atom. The molecule has 0 aliphatic rings. The number of hydrogen-bond donors (Lipinski definition) is 2. The number of hydrogen-bond acceptors (Lipinski definition) is 4. The summed E-state index contributed by atoms with van der Waals surface area (Å²) in [7, 11) is -0.899. The van der Waals surface area contributed by atoms with Gasteiger partial charge in [-0.25, -0.2) is 13.1 Å². The van der Waals surface area contributed by atoms with Crippen molar-refractivity contribution in [1.29, 1.82) is 0 Å². The summed E-state index contributed by atoms with van der Waals surface area (Å²) >= 11 is 0. The number of benzene rings is 1. The summed E-state index contributed by atoms with van der Waals surface area (Å²) in [5.41, 5.74) is 0.589. The Kier molecular flexibility index (Phi) is 5.72. The SMILES string of the molecule is CCNC(=O)/C=C/c1ccc(OC)c(S(=O)(=O)NC)c1. The molecule has 1 rings (SSSR count). The smallest absolute Gasteiger partial charge is 0.244 e. The van der Waals surface area contributed by atoms with E-state index >= 15 is 0 Å². The zero-order chi connectivity index (χ0) is 15.2. The van der Waals surface area contributed by atoms with Crippen LogP contribution in [0.15, 0.2) is 29.2 Å². The molecule has 0 atom stereocenters. The highest BCUT2D eigenvalue weighted by molar-refractivity contribution is 7.89. The lowest BCUT2D eigenvalue weighted by atomic mass is 10.2. The molecule has 6 nitrogen and oxygen atoms in total. The summed E-state index contributed by atoms with van der Waals surface area (Å²) in [6.45, 7) is 2.35. The van der Waals surface area contributed by atoms with Crippen molar-refractivity contribution in [3.05, 3.63) is 29.8 Å². The molecule has 0 bridgehead atoms. The first-order valence-corrected chi connectivity index (χ1v) is 7.50. The lowest BCUT2D eigenvalue weighted by molar-refractivity contribution is -0.116. The number of sulfonamides is 1. The van der Waals surface area contributed by atoms with E-state index in [1.165, 1.54) is 26.3 Å². The van der Waals surface area contributed by atoms with Crippen LogP contribution >= 0.6 is 0 Å². The molecule has 0 heterocycles. The van der Waals surface area contributed by atoms with Gasteiger partial charge in [0.1, 0.15) is 10.6 Å². The average molecular weight is 298 g/mol. The van der Waals surface area contributed by atoms with Crippen molar-refractivity contribution in [3.63, 3.8) is 0 Å². The largest absolute Gasteiger partial charge is 0.495 e. The number of likely N-dealkylation sites (N-methyl/N-ethyl adjacent to an activating group) is 1. The van der Waals surface area contributed by atoms with Crippen LogP contribution in [0.25, 0.3) is 6.08 Å². The zero-order valence-corrected chi connectivity index (χ0v) is 12.5. The van der Waals surface area contributed by atoms with Crippen LogP contribution in [-0.2, 0) is 14.8 Å². The van der Waals surface area contributed by atoms with E-state index in [0.717, 1.165) is 0 Å². The van der Waals surface area contributed by atoms with Gasteiger partial charge in [0.15, 0.2) is 0 Å². The van der Waals surface area contributed by atoms with Crippen LogP contribution in [-0.4, -0.2) is 35.0 Å². The van der Waals surface area contributed by atoms with Crippen molar-refractivity contribution >= 4 is 22.0 Å². The van der Waals surface area contributed by atoms with Gasteiger partial charge in [-0.3, -0.25) is 4.79 Å². The van der Waals surface area contributed by atoms with Gasteiger partial charge in [-0.1, -0.05) is 6.07 Å². The zero-order valence-electron chi connectivity index (χ0n) is 11.6. The summed E-state index contributed by atoms with van der Waals surface area (Å²) in [6.07, 6.45) is 2.89. The molecule has 1 amide bonds. The minimum atomic E-state index is -3.62. The topological polar surface area (TPSA) is 84.5 Å². The quantitative estimate of drug-likeness (QED) is 0.759. The van der Waals surface area contributed by atoms with Crippen LogP contribution in [0.1, 0.15) is 12.5 Å². The molecule has 1 aromatic carbocycles. The van der Waals surface area contributed by atoms with E-state index in [4.69, 9.17) is 4.74 Å². The maximum Gasteiger partial charge on any atom is 0.244 e. The van der Waals surface area contributed by atoms with E-state index in [2.05, 4.69) is 10.0 Å². The Labute approximate surface area is 118 Å². The van der Waals surface area contributed by atoms with E-state index in [0.29, 0.717) is 12.1 Å². The van der Waals surface area contributed by atoms with Crippen LogP contribution in [0, 0.1) is 0 Å². The van der Waals surface area contributed by atoms with Gasteiger partial charge < -0.3 is 10.1 Å². The fraction of sp³-hybridized carbons (Fsp3) is 0.308. The number of carbonyl (C=O) groups excluding carboxylic acids is 1. The highest BCUT2D eigenvalue weighted by Gasteiger charge is 2.17. The summed E-state index contributed by atoms with van der Waals surface area (Å²) < 4.78 is 31.0. The first kappa shape index (κ1) is 16.2. The third-order valence-electron chi connectivity index (χ3n) is 2.52. The number of carbonyl (C=O) groups is 1. The minimum absolute atomic E-state index is 0.0283. The predicted octanol–water partition coefficient (Wildman–Crippen LogP) is 0.753. The van der Waals surface area contributed by atoms with E-state index in [1.54, 1.807) is 18.2 Å².